The van der Waals surface area contributed by atoms with Gasteiger partial charge >= 0.3 is 0 Å². The van der Waals surface area contributed by atoms with E-state index in [-0.39, 0.29) is 22.9 Å². The Morgan fingerprint density at radius 2 is 2.00 bits per heavy atom. The summed E-state index contributed by atoms with van der Waals surface area (Å²) in [5, 5.41) is 0.199. The number of carbonyl (C=O) groups is 2. The fourth-order valence-electron chi connectivity index (χ4n) is 3.30. The van der Waals surface area contributed by atoms with Crippen molar-refractivity contribution in [2.45, 2.75) is 18.9 Å². The molecule has 3 aromatic rings. The number of nitrogens with two attached hydrogens (primary N) is 1. The van der Waals surface area contributed by atoms with Crippen molar-refractivity contribution in [2.24, 2.45) is 5.73 Å². The molecule has 4 rings (SSSR count). The van der Waals surface area contributed by atoms with Crippen molar-refractivity contribution in [3.8, 4) is 5.75 Å². The van der Waals surface area contributed by atoms with Crippen molar-refractivity contribution in [3.63, 3.8) is 0 Å². The number of rotatable bonds is 4. The molecule has 4 heterocycles. The topological polar surface area (TPSA) is 103 Å². The van der Waals surface area contributed by atoms with Gasteiger partial charge in [0.25, 0.3) is 11.8 Å². The summed E-state index contributed by atoms with van der Waals surface area (Å²) in [6.07, 6.45) is 4.52. The molecule has 1 aliphatic heterocycles. The number of likely N-dealkylation sites (tertiary alicyclic amines) is 1. The Kier molecular flexibility index (Phi) is 4.87. The third kappa shape index (κ3) is 3.50. The van der Waals surface area contributed by atoms with E-state index in [1.54, 1.807) is 27.6 Å². The number of pyridine rings is 2. The average Bonchev–Trinajstić information content (AvgIpc) is 3.04. The maximum atomic E-state index is 13.0. The number of piperidine rings is 1. The monoisotopic (exact) mass is 399 g/mol. The first-order valence-corrected chi connectivity index (χ1v) is 9.25. The molecular formula is C19H18ClN5O3. The molecule has 9 heteroatoms. The van der Waals surface area contributed by atoms with Gasteiger partial charge in [-0.1, -0.05) is 17.7 Å². The zero-order valence-electron chi connectivity index (χ0n) is 14.9. The Hall–Kier alpha value is -3.13. The second kappa shape index (κ2) is 7.47. The molecule has 8 nitrogen and oxygen atoms in total. The molecular weight excluding hydrogens is 382 g/mol. The normalized spacial score (nSPS) is 15.0. The molecule has 0 aromatic carbocycles. The van der Waals surface area contributed by atoms with Crippen LogP contribution in [0.15, 0.2) is 42.7 Å². The van der Waals surface area contributed by atoms with Crippen molar-refractivity contribution in [3.05, 3.63) is 59.3 Å². The van der Waals surface area contributed by atoms with E-state index in [9.17, 15) is 9.59 Å². The molecule has 144 valence electrons. The predicted molar refractivity (Wildman–Crippen MR) is 103 cm³/mol. The Bertz CT molecular complexity index is 1040. The number of primary amides is 1. The van der Waals surface area contributed by atoms with Gasteiger partial charge in [-0.2, -0.15) is 0 Å². The first-order chi connectivity index (χ1) is 13.5. The van der Waals surface area contributed by atoms with E-state index in [1.807, 2.05) is 12.1 Å². The molecule has 3 aromatic heterocycles. The van der Waals surface area contributed by atoms with Crippen LogP contribution in [0.2, 0.25) is 5.15 Å². The largest absolute Gasteiger partial charge is 0.490 e. The van der Waals surface area contributed by atoms with Crippen molar-refractivity contribution in [1.29, 1.82) is 0 Å². The molecule has 2 N–H and O–H groups in total. The van der Waals surface area contributed by atoms with Crippen LogP contribution < -0.4 is 10.5 Å². The lowest BCUT2D eigenvalue weighted by molar-refractivity contribution is 0.0588. The first-order valence-electron chi connectivity index (χ1n) is 8.87. The van der Waals surface area contributed by atoms with Crippen LogP contribution in [0.25, 0.3) is 5.65 Å². The van der Waals surface area contributed by atoms with E-state index in [1.165, 1.54) is 12.3 Å². The number of amides is 2. The second-order valence-electron chi connectivity index (χ2n) is 6.53. The van der Waals surface area contributed by atoms with Crippen LogP contribution in [0.3, 0.4) is 0 Å². The number of nitrogens with zero attached hydrogens (tertiary/aromatic N) is 4. The zero-order valence-corrected chi connectivity index (χ0v) is 15.7. The summed E-state index contributed by atoms with van der Waals surface area (Å²) in [5.41, 5.74) is 6.41. The van der Waals surface area contributed by atoms with Gasteiger partial charge in [0.2, 0.25) is 0 Å². The summed E-state index contributed by atoms with van der Waals surface area (Å²) in [7, 11) is 0. The summed E-state index contributed by atoms with van der Waals surface area (Å²) >= 11 is 6.21. The van der Waals surface area contributed by atoms with E-state index in [0.29, 0.717) is 43.0 Å². The van der Waals surface area contributed by atoms with Crippen LogP contribution in [-0.2, 0) is 0 Å². The van der Waals surface area contributed by atoms with Crippen LogP contribution in [-0.4, -0.2) is 50.3 Å². The molecule has 0 saturated carbocycles. The van der Waals surface area contributed by atoms with Gasteiger partial charge in [-0.15, -0.1) is 0 Å². The number of imidazole rings is 1. The molecule has 0 unspecified atom stereocenters. The summed E-state index contributed by atoms with van der Waals surface area (Å²) in [4.78, 5) is 34.1. The molecule has 0 aliphatic carbocycles. The number of aromatic nitrogens is 3. The maximum absolute atomic E-state index is 13.0. The van der Waals surface area contributed by atoms with Crippen molar-refractivity contribution >= 4 is 29.1 Å². The molecule has 0 atom stereocenters. The minimum atomic E-state index is -0.601. The highest BCUT2D eigenvalue weighted by molar-refractivity contribution is 6.32. The van der Waals surface area contributed by atoms with Crippen LogP contribution in [0.5, 0.6) is 5.75 Å². The minimum Gasteiger partial charge on any atom is -0.490 e. The van der Waals surface area contributed by atoms with E-state index in [0.717, 1.165) is 0 Å². The van der Waals surface area contributed by atoms with Crippen LogP contribution in [0.1, 0.15) is 33.8 Å². The number of carbonyl (C=O) groups excluding carboxylic acids is 2. The van der Waals surface area contributed by atoms with Gasteiger partial charge in [0.15, 0.2) is 10.8 Å². The van der Waals surface area contributed by atoms with Gasteiger partial charge in [-0.25, -0.2) is 4.98 Å². The lowest BCUT2D eigenvalue weighted by Gasteiger charge is -2.32. The lowest BCUT2D eigenvalue weighted by Crippen LogP contribution is -2.42. The van der Waals surface area contributed by atoms with Crippen LogP contribution in [0, 0.1) is 0 Å². The molecule has 2 amide bonds. The van der Waals surface area contributed by atoms with Crippen molar-refractivity contribution < 1.29 is 14.3 Å². The molecule has 0 bridgehead atoms. The van der Waals surface area contributed by atoms with Gasteiger partial charge in [-0.05, 0) is 18.2 Å². The maximum Gasteiger partial charge on any atom is 0.274 e. The highest BCUT2D eigenvalue weighted by Gasteiger charge is 2.28. The van der Waals surface area contributed by atoms with Gasteiger partial charge < -0.3 is 15.4 Å². The van der Waals surface area contributed by atoms with Crippen molar-refractivity contribution in [1.82, 2.24) is 19.3 Å². The van der Waals surface area contributed by atoms with Gasteiger partial charge in [0.1, 0.15) is 23.2 Å². The van der Waals surface area contributed by atoms with E-state index < -0.39 is 5.91 Å². The molecule has 0 spiro atoms. The van der Waals surface area contributed by atoms with Gasteiger partial charge in [0, 0.05) is 44.4 Å². The van der Waals surface area contributed by atoms with E-state index in [4.69, 9.17) is 22.1 Å². The Morgan fingerprint density at radius 3 is 2.75 bits per heavy atom. The predicted octanol–water partition coefficient (Wildman–Crippen LogP) is 2.17. The summed E-state index contributed by atoms with van der Waals surface area (Å²) in [5.74, 6) is -0.212. The molecule has 1 saturated heterocycles. The highest BCUT2D eigenvalue weighted by atomic mass is 35.5. The minimum absolute atomic E-state index is 0.0650. The number of fused-ring (bicyclic) bond motifs is 1. The molecule has 0 radical (unpaired) electrons. The van der Waals surface area contributed by atoms with Crippen LogP contribution in [0.4, 0.5) is 0 Å². The number of halogens is 1. The summed E-state index contributed by atoms with van der Waals surface area (Å²) in [6, 6.07) is 8.69. The van der Waals surface area contributed by atoms with Crippen LogP contribution >= 0.6 is 11.6 Å². The van der Waals surface area contributed by atoms with E-state index >= 15 is 0 Å². The van der Waals surface area contributed by atoms with E-state index in [2.05, 4.69) is 9.97 Å². The third-order valence-electron chi connectivity index (χ3n) is 4.71. The summed E-state index contributed by atoms with van der Waals surface area (Å²) in [6.45, 7) is 1.07. The SMILES string of the molecule is NC(=O)c1cc(OC2CCN(C(=O)c3c(Cl)nc4ccccn34)CC2)ccn1. The standard InChI is InChI=1S/C19H18ClN5O3/c20-17-16(25-8-2-1-3-15(25)23-17)19(27)24-9-5-12(6-10-24)28-13-4-7-22-14(11-13)18(21)26/h1-4,7-8,11-12H,5-6,9-10H2,(H2,21,26). The first kappa shape index (κ1) is 18.2. The van der Waals surface area contributed by atoms with Gasteiger partial charge in [-0.3, -0.25) is 19.0 Å². The zero-order chi connectivity index (χ0) is 19.7. The van der Waals surface area contributed by atoms with Gasteiger partial charge in [0.05, 0.1) is 0 Å². The average molecular weight is 400 g/mol. The highest BCUT2D eigenvalue weighted by Crippen LogP contribution is 2.23. The molecule has 28 heavy (non-hydrogen) atoms. The number of hydrogen-bond donors (Lipinski definition) is 1. The lowest BCUT2D eigenvalue weighted by atomic mass is 10.1. The summed E-state index contributed by atoms with van der Waals surface area (Å²) < 4.78 is 7.63. The molecule has 1 aliphatic rings. The number of hydrogen-bond acceptors (Lipinski definition) is 5. The number of ether oxygens (including phenoxy) is 1. The quantitative estimate of drug-likeness (QED) is 0.724. The smallest absolute Gasteiger partial charge is 0.274 e. The van der Waals surface area contributed by atoms with Crippen molar-refractivity contribution in [2.75, 3.05) is 13.1 Å². The fraction of sp³-hybridized carbons (Fsp3) is 0.263. The second-order valence-corrected chi connectivity index (χ2v) is 6.89. The Morgan fingerprint density at radius 1 is 1.21 bits per heavy atom. The third-order valence-corrected chi connectivity index (χ3v) is 4.97. The Balaban J connectivity index is 1.42. The fourth-order valence-corrected chi connectivity index (χ4v) is 3.56. The molecule has 1 fully saturated rings. The Labute approximate surface area is 165 Å².